The summed E-state index contributed by atoms with van der Waals surface area (Å²) in [5.74, 6) is 0. The largest absolute Gasteiger partial charge is 0.328 e. The molecule has 2 nitrogen and oxygen atoms in total. The van der Waals surface area contributed by atoms with E-state index in [0.29, 0.717) is 0 Å². The molecule has 3 heteroatoms. The molecule has 1 unspecified atom stereocenters. The number of aromatic nitrogens is 1. The zero-order valence-corrected chi connectivity index (χ0v) is 10.4. The second-order valence-electron chi connectivity index (χ2n) is 4.99. The molecule has 0 amide bonds. The Kier molecular flexibility index (Phi) is 4.12. The van der Waals surface area contributed by atoms with Gasteiger partial charge in [-0.3, -0.25) is 4.98 Å². The fourth-order valence-electron chi connectivity index (χ4n) is 2.01. The third-order valence-electron chi connectivity index (χ3n) is 2.40. The van der Waals surface area contributed by atoms with Crippen molar-refractivity contribution in [2.45, 2.75) is 39.7 Å². The molecule has 0 bridgehead atoms. The first kappa shape index (κ1) is 12.5. The van der Waals surface area contributed by atoms with Crippen molar-refractivity contribution in [3.63, 3.8) is 0 Å². The van der Waals surface area contributed by atoms with E-state index in [1.165, 1.54) is 0 Å². The van der Waals surface area contributed by atoms with E-state index in [1.54, 1.807) is 12.4 Å². The third-order valence-corrected chi connectivity index (χ3v) is 2.74. The number of nitrogens with zero attached hydrogens (tertiary/aromatic N) is 1. The molecule has 1 atom stereocenters. The van der Waals surface area contributed by atoms with Crippen molar-refractivity contribution < 1.29 is 0 Å². The van der Waals surface area contributed by atoms with Crippen LogP contribution in [0.25, 0.3) is 0 Å². The highest BCUT2D eigenvalue weighted by molar-refractivity contribution is 6.31. The monoisotopic (exact) mass is 226 g/mol. The minimum atomic E-state index is 0.180. The Hall–Kier alpha value is -0.600. The summed E-state index contributed by atoms with van der Waals surface area (Å²) in [5.41, 5.74) is 7.15. The number of hydrogen-bond donors (Lipinski definition) is 1. The molecule has 0 radical (unpaired) electrons. The molecule has 0 aromatic carbocycles. The van der Waals surface area contributed by atoms with Gasteiger partial charge < -0.3 is 5.73 Å². The van der Waals surface area contributed by atoms with Crippen molar-refractivity contribution in [3.05, 3.63) is 29.0 Å². The Morgan fingerprint density at radius 2 is 2.20 bits per heavy atom. The maximum absolute atomic E-state index is 6.07. The molecule has 0 aliphatic heterocycles. The summed E-state index contributed by atoms with van der Waals surface area (Å²) in [6.07, 6.45) is 5.41. The number of halogens is 1. The summed E-state index contributed by atoms with van der Waals surface area (Å²) >= 11 is 6.07. The molecular weight excluding hydrogens is 208 g/mol. The maximum Gasteiger partial charge on any atom is 0.0621 e. The fraction of sp³-hybridized carbons (Fsp3) is 0.583. The standard InChI is InChI=1S/C12H19ClN2/c1-9(14)6-12(2,3)7-10-4-5-15-8-11(10)13/h4-5,8-9H,6-7,14H2,1-3H3. The second kappa shape index (κ2) is 4.95. The average Bonchev–Trinajstić information content (AvgIpc) is 2.06. The number of rotatable bonds is 4. The van der Waals surface area contributed by atoms with E-state index in [1.807, 2.05) is 13.0 Å². The van der Waals surface area contributed by atoms with Gasteiger partial charge in [0, 0.05) is 18.4 Å². The molecule has 15 heavy (non-hydrogen) atoms. The normalized spacial score (nSPS) is 13.9. The maximum atomic E-state index is 6.07. The van der Waals surface area contributed by atoms with Crippen LogP contribution in [0.2, 0.25) is 5.02 Å². The van der Waals surface area contributed by atoms with Crippen molar-refractivity contribution in [2.75, 3.05) is 0 Å². The van der Waals surface area contributed by atoms with Gasteiger partial charge in [0.15, 0.2) is 0 Å². The van der Waals surface area contributed by atoms with E-state index in [4.69, 9.17) is 17.3 Å². The second-order valence-corrected chi connectivity index (χ2v) is 5.40. The van der Waals surface area contributed by atoms with Crippen molar-refractivity contribution in [1.82, 2.24) is 4.98 Å². The summed E-state index contributed by atoms with van der Waals surface area (Å²) < 4.78 is 0. The summed E-state index contributed by atoms with van der Waals surface area (Å²) in [6, 6.07) is 2.20. The first-order chi connectivity index (χ1) is 6.91. The molecule has 0 fully saturated rings. The Bertz CT molecular complexity index is 321. The van der Waals surface area contributed by atoms with E-state index in [-0.39, 0.29) is 11.5 Å². The first-order valence-electron chi connectivity index (χ1n) is 5.25. The van der Waals surface area contributed by atoms with Gasteiger partial charge in [-0.1, -0.05) is 25.4 Å². The van der Waals surface area contributed by atoms with Crippen LogP contribution in [0, 0.1) is 5.41 Å². The van der Waals surface area contributed by atoms with Crippen molar-refractivity contribution in [3.8, 4) is 0 Å². The van der Waals surface area contributed by atoms with E-state index in [0.717, 1.165) is 23.4 Å². The lowest BCUT2D eigenvalue weighted by atomic mass is 9.81. The topological polar surface area (TPSA) is 38.9 Å². The van der Waals surface area contributed by atoms with Crippen LogP contribution in [0.5, 0.6) is 0 Å². The van der Waals surface area contributed by atoms with E-state index < -0.39 is 0 Å². The molecule has 84 valence electrons. The zero-order chi connectivity index (χ0) is 11.5. The predicted molar refractivity (Wildman–Crippen MR) is 65.0 cm³/mol. The van der Waals surface area contributed by atoms with Crippen LogP contribution in [0.15, 0.2) is 18.5 Å². The van der Waals surface area contributed by atoms with Crippen molar-refractivity contribution in [2.24, 2.45) is 11.1 Å². The van der Waals surface area contributed by atoms with Gasteiger partial charge in [-0.25, -0.2) is 0 Å². The highest BCUT2D eigenvalue weighted by Gasteiger charge is 2.21. The van der Waals surface area contributed by atoms with Gasteiger partial charge in [-0.2, -0.15) is 0 Å². The SMILES string of the molecule is CC(N)CC(C)(C)Cc1ccncc1Cl. The molecule has 1 aromatic rings. The van der Waals surface area contributed by atoms with Gasteiger partial charge in [0.05, 0.1) is 5.02 Å². The van der Waals surface area contributed by atoms with Crippen LogP contribution in [0.3, 0.4) is 0 Å². The smallest absolute Gasteiger partial charge is 0.0621 e. The number of hydrogen-bond acceptors (Lipinski definition) is 2. The van der Waals surface area contributed by atoms with E-state index in [2.05, 4.69) is 18.8 Å². The lowest BCUT2D eigenvalue weighted by Gasteiger charge is -2.27. The summed E-state index contributed by atoms with van der Waals surface area (Å²) in [7, 11) is 0. The van der Waals surface area contributed by atoms with Crippen LogP contribution in [0.1, 0.15) is 32.8 Å². The highest BCUT2D eigenvalue weighted by Crippen LogP contribution is 2.29. The first-order valence-corrected chi connectivity index (χ1v) is 5.62. The van der Waals surface area contributed by atoms with Crippen LogP contribution in [-0.4, -0.2) is 11.0 Å². The molecule has 0 aliphatic carbocycles. The van der Waals surface area contributed by atoms with E-state index in [9.17, 15) is 0 Å². The Balaban J connectivity index is 2.73. The minimum absolute atomic E-state index is 0.180. The summed E-state index contributed by atoms with van der Waals surface area (Å²) in [4.78, 5) is 3.98. The zero-order valence-electron chi connectivity index (χ0n) is 9.63. The van der Waals surface area contributed by atoms with Gasteiger partial charge in [-0.05, 0) is 36.8 Å². The molecule has 0 aliphatic rings. The molecular formula is C12H19ClN2. The Morgan fingerprint density at radius 1 is 1.53 bits per heavy atom. The number of pyridine rings is 1. The Labute approximate surface area is 96.8 Å². The van der Waals surface area contributed by atoms with Crippen LogP contribution < -0.4 is 5.73 Å². The van der Waals surface area contributed by atoms with Crippen molar-refractivity contribution >= 4 is 11.6 Å². The fourth-order valence-corrected chi connectivity index (χ4v) is 2.19. The minimum Gasteiger partial charge on any atom is -0.328 e. The van der Waals surface area contributed by atoms with Gasteiger partial charge >= 0.3 is 0 Å². The van der Waals surface area contributed by atoms with Crippen LogP contribution >= 0.6 is 11.6 Å². The third kappa shape index (κ3) is 4.18. The van der Waals surface area contributed by atoms with Gasteiger partial charge in [-0.15, -0.1) is 0 Å². The van der Waals surface area contributed by atoms with Crippen LogP contribution in [0.4, 0.5) is 0 Å². The molecule has 1 heterocycles. The Morgan fingerprint density at radius 3 is 2.73 bits per heavy atom. The quantitative estimate of drug-likeness (QED) is 0.857. The van der Waals surface area contributed by atoms with Crippen molar-refractivity contribution in [1.29, 1.82) is 0 Å². The molecule has 1 rings (SSSR count). The average molecular weight is 227 g/mol. The van der Waals surface area contributed by atoms with Gasteiger partial charge in [0.25, 0.3) is 0 Å². The lowest BCUT2D eigenvalue weighted by Crippen LogP contribution is -2.26. The predicted octanol–water partition coefficient (Wildman–Crippen LogP) is 3.04. The molecule has 1 aromatic heterocycles. The molecule has 0 saturated carbocycles. The molecule has 0 spiro atoms. The summed E-state index contributed by atoms with van der Waals surface area (Å²) in [5, 5.41) is 0.746. The number of nitrogens with two attached hydrogens (primary N) is 1. The summed E-state index contributed by atoms with van der Waals surface area (Å²) in [6.45, 7) is 6.47. The van der Waals surface area contributed by atoms with Gasteiger partial charge in [0.1, 0.15) is 0 Å². The van der Waals surface area contributed by atoms with E-state index >= 15 is 0 Å². The molecule has 2 N–H and O–H groups in total. The van der Waals surface area contributed by atoms with Gasteiger partial charge in [0.2, 0.25) is 0 Å². The van der Waals surface area contributed by atoms with Crippen LogP contribution in [-0.2, 0) is 6.42 Å². The molecule has 0 saturated heterocycles. The highest BCUT2D eigenvalue weighted by atomic mass is 35.5. The lowest BCUT2D eigenvalue weighted by molar-refractivity contribution is 0.309.